The maximum Gasteiger partial charge on any atom is 0.143 e. The Kier molecular flexibility index (Phi) is 7.11. The van der Waals surface area contributed by atoms with Gasteiger partial charge in [0.15, 0.2) is 0 Å². The van der Waals surface area contributed by atoms with Crippen LogP contribution in [0.4, 0.5) is 0 Å². The van der Waals surface area contributed by atoms with Crippen LogP contribution in [-0.4, -0.2) is 49.2 Å². The smallest absolute Gasteiger partial charge is 0.143 e. The van der Waals surface area contributed by atoms with Gasteiger partial charge in [0.2, 0.25) is 0 Å². The Morgan fingerprint density at radius 2 is 1.96 bits per heavy atom. The van der Waals surface area contributed by atoms with Crippen LogP contribution in [0.25, 0.3) is 5.69 Å². The van der Waals surface area contributed by atoms with Crippen LogP contribution in [0.3, 0.4) is 0 Å². The third-order valence-corrected chi connectivity index (χ3v) is 5.94. The number of rotatable bonds is 10. The fourth-order valence-corrected chi connectivity index (χ4v) is 3.91. The molecule has 0 N–H and O–H groups in total. The molecule has 0 spiro atoms. The second kappa shape index (κ2) is 9.75. The van der Waals surface area contributed by atoms with Gasteiger partial charge < -0.3 is 9.64 Å². The van der Waals surface area contributed by atoms with Crippen LogP contribution < -0.4 is 4.74 Å². The van der Waals surface area contributed by atoms with E-state index in [4.69, 9.17) is 9.72 Å². The molecule has 1 atom stereocenters. The molecule has 1 aromatic carbocycles. The Bertz CT molecular complexity index is 831. The summed E-state index contributed by atoms with van der Waals surface area (Å²) in [5, 5.41) is 14.4. The summed E-state index contributed by atoms with van der Waals surface area (Å²) in [5.41, 5.74) is 1.87. The van der Waals surface area contributed by atoms with E-state index in [9.17, 15) is 0 Å². The molecule has 0 saturated carbocycles. The molecule has 7 nitrogen and oxygen atoms in total. The molecule has 8 heteroatoms. The summed E-state index contributed by atoms with van der Waals surface area (Å²) < 4.78 is 7.49. The van der Waals surface area contributed by atoms with Crippen molar-refractivity contribution >= 4 is 11.3 Å². The number of benzene rings is 1. The highest BCUT2D eigenvalue weighted by atomic mass is 32.1. The first kappa shape index (κ1) is 20.4. The maximum atomic E-state index is 5.88. The molecule has 0 amide bonds. The predicted molar refractivity (Wildman–Crippen MR) is 111 cm³/mol. The van der Waals surface area contributed by atoms with Crippen molar-refractivity contribution in [2.45, 2.75) is 52.7 Å². The highest BCUT2D eigenvalue weighted by Gasteiger charge is 2.14. The summed E-state index contributed by atoms with van der Waals surface area (Å²) in [6.45, 7) is 11.7. The lowest BCUT2D eigenvalue weighted by Gasteiger charge is -2.25. The van der Waals surface area contributed by atoms with Gasteiger partial charge in [-0.3, -0.25) is 0 Å². The Morgan fingerprint density at radius 3 is 2.61 bits per heavy atom. The monoisotopic (exact) mass is 400 g/mol. The van der Waals surface area contributed by atoms with Crippen LogP contribution in [-0.2, 0) is 6.61 Å². The van der Waals surface area contributed by atoms with Crippen molar-refractivity contribution in [1.29, 1.82) is 0 Å². The number of tetrazole rings is 1. The lowest BCUT2D eigenvalue weighted by Crippen LogP contribution is -2.32. The largest absolute Gasteiger partial charge is 0.487 e. The van der Waals surface area contributed by atoms with Gasteiger partial charge in [-0.2, -0.15) is 0 Å². The van der Waals surface area contributed by atoms with Gasteiger partial charge in [-0.1, -0.05) is 13.8 Å². The summed E-state index contributed by atoms with van der Waals surface area (Å²) >= 11 is 1.73. The zero-order chi connectivity index (χ0) is 19.9. The Hall–Kier alpha value is -2.32. The number of nitrogens with zero attached hydrogens (tertiary/aromatic N) is 6. The molecule has 2 heterocycles. The second-order valence-corrected chi connectivity index (χ2v) is 8.02. The molecule has 3 rings (SSSR count). The molecule has 2 aromatic heterocycles. The third-order valence-electron chi connectivity index (χ3n) is 4.81. The van der Waals surface area contributed by atoms with Gasteiger partial charge in [0.05, 0.1) is 16.4 Å². The Morgan fingerprint density at radius 1 is 1.18 bits per heavy atom. The fraction of sp³-hybridized carbons (Fsp3) is 0.500. The van der Waals surface area contributed by atoms with E-state index in [0.29, 0.717) is 18.6 Å². The molecule has 0 aliphatic rings. The minimum Gasteiger partial charge on any atom is -0.487 e. The minimum absolute atomic E-state index is 0.460. The topological polar surface area (TPSA) is 69.0 Å². The van der Waals surface area contributed by atoms with E-state index in [2.05, 4.69) is 53.5 Å². The van der Waals surface area contributed by atoms with Gasteiger partial charge >= 0.3 is 0 Å². The van der Waals surface area contributed by atoms with E-state index in [1.54, 1.807) is 22.3 Å². The highest BCUT2D eigenvalue weighted by molar-refractivity contribution is 7.09. The number of aromatic nitrogens is 5. The van der Waals surface area contributed by atoms with Gasteiger partial charge in [0, 0.05) is 17.3 Å². The number of hydrogen-bond donors (Lipinski definition) is 0. The summed E-state index contributed by atoms with van der Waals surface area (Å²) in [6.07, 6.45) is 2.69. The number of thiazole rings is 1. The molecule has 0 radical (unpaired) electrons. The summed E-state index contributed by atoms with van der Waals surface area (Å²) in [4.78, 5) is 7.27. The van der Waals surface area contributed by atoms with E-state index < -0.39 is 0 Å². The second-order valence-electron chi connectivity index (χ2n) is 7.13. The van der Waals surface area contributed by atoms with Crippen molar-refractivity contribution in [1.82, 2.24) is 30.1 Å². The first-order chi connectivity index (χ1) is 13.6. The Labute approximate surface area is 170 Å². The molecule has 0 bridgehead atoms. The predicted octanol–water partition coefficient (Wildman–Crippen LogP) is 3.92. The van der Waals surface area contributed by atoms with Crippen molar-refractivity contribution in [3.05, 3.63) is 46.7 Å². The number of hydrogen-bond acceptors (Lipinski definition) is 7. The van der Waals surface area contributed by atoms with Crippen LogP contribution in [0.2, 0.25) is 0 Å². The normalized spacial score (nSPS) is 12.6. The third kappa shape index (κ3) is 5.36. The number of ether oxygens (including phenoxy) is 1. The molecule has 28 heavy (non-hydrogen) atoms. The molecule has 0 aliphatic heterocycles. The molecular weight excluding hydrogens is 372 g/mol. The highest BCUT2D eigenvalue weighted by Crippen LogP contribution is 2.24. The van der Waals surface area contributed by atoms with Crippen LogP contribution in [0.1, 0.15) is 50.7 Å². The average Bonchev–Trinajstić information content (AvgIpc) is 3.39. The van der Waals surface area contributed by atoms with Crippen molar-refractivity contribution in [3.63, 3.8) is 0 Å². The molecule has 0 saturated heterocycles. The Balaban J connectivity index is 1.50. The SMILES string of the molecule is CCN(CCC(C)c1nc(COc2ccc(-n3cnnn3)cc2)cs1)C(C)C. The van der Waals surface area contributed by atoms with Crippen molar-refractivity contribution in [3.8, 4) is 11.4 Å². The van der Waals surface area contributed by atoms with Crippen molar-refractivity contribution < 1.29 is 4.74 Å². The zero-order valence-corrected chi connectivity index (χ0v) is 17.8. The van der Waals surface area contributed by atoms with E-state index in [0.717, 1.165) is 36.6 Å². The van der Waals surface area contributed by atoms with Crippen LogP contribution in [0, 0.1) is 0 Å². The fourth-order valence-electron chi connectivity index (χ4n) is 3.01. The quantitative estimate of drug-likeness (QED) is 0.514. The molecule has 150 valence electrons. The van der Waals surface area contributed by atoms with E-state index >= 15 is 0 Å². The summed E-state index contributed by atoms with van der Waals surface area (Å²) in [5.74, 6) is 1.26. The zero-order valence-electron chi connectivity index (χ0n) is 16.9. The van der Waals surface area contributed by atoms with Crippen molar-refractivity contribution in [2.75, 3.05) is 13.1 Å². The van der Waals surface area contributed by atoms with E-state index in [1.165, 1.54) is 5.01 Å². The lowest BCUT2D eigenvalue weighted by molar-refractivity contribution is 0.226. The molecule has 1 unspecified atom stereocenters. The summed E-state index contributed by atoms with van der Waals surface area (Å²) in [7, 11) is 0. The van der Waals surface area contributed by atoms with Gasteiger partial charge in [-0.15, -0.1) is 16.4 Å². The minimum atomic E-state index is 0.460. The van der Waals surface area contributed by atoms with Crippen LogP contribution >= 0.6 is 11.3 Å². The molecule has 0 aliphatic carbocycles. The van der Waals surface area contributed by atoms with Gasteiger partial charge in [0.25, 0.3) is 0 Å². The lowest BCUT2D eigenvalue weighted by atomic mass is 10.1. The van der Waals surface area contributed by atoms with Crippen LogP contribution in [0.15, 0.2) is 36.0 Å². The van der Waals surface area contributed by atoms with E-state index in [1.807, 2.05) is 24.3 Å². The maximum absolute atomic E-state index is 5.88. The van der Waals surface area contributed by atoms with E-state index in [-0.39, 0.29) is 0 Å². The standard InChI is InChI=1S/C20H28N6OS/c1-5-25(15(2)3)11-10-16(4)20-22-17(13-28-20)12-27-19-8-6-18(7-9-19)26-14-21-23-24-26/h6-9,13-16H,5,10-12H2,1-4H3. The summed E-state index contributed by atoms with van der Waals surface area (Å²) in [6, 6.07) is 8.27. The van der Waals surface area contributed by atoms with Crippen molar-refractivity contribution in [2.24, 2.45) is 0 Å². The first-order valence-corrected chi connectivity index (χ1v) is 10.6. The molecule has 3 aromatic rings. The van der Waals surface area contributed by atoms with Gasteiger partial charge in [-0.25, -0.2) is 9.67 Å². The molecular formula is C20H28N6OS. The first-order valence-electron chi connectivity index (χ1n) is 9.71. The molecule has 0 fully saturated rings. The average molecular weight is 401 g/mol. The van der Waals surface area contributed by atoms with Gasteiger partial charge in [0.1, 0.15) is 18.7 Å². The van der Waals surface area contributed by atoms with Gasteiger partial charge in [-0.05, 0) is 68.1 Å². The van der Waals surface area contributed by atoms with Crippen LogP contribution in [0.5, 0.6) is 5.75 Å².